The summed E-state index contributed by atoms with van der Waals surface area (Å²) in [5.74, 6) is 0.352. The minimum absolute atomic E-state index is 0.0845. The van der Waals surface area contributed by atoms with Crippen LogP contribution in [0.4, 0.5) is 9.52 Å². The number of rotatable bonds is 7. The lowest BCUT2D eigenvalue weighted by Gasteiger charge is -2.06. The molecule has 1 atom stereocenters. The minimum Gasteiger partial charge on any atom is -0.489 e. The Morgan fingerprint density at radius 3 is 2.81 bits per heavy atom. The second-order valence-corrected chi connectivity index (χ2v) is 7.95. The number of carbonyl (C=O) groups is 1. The molecular formula is C19H18BrFN2O2S. The summed E-state index contributed by atoms with van der Waals surface area (Å²) in [4.78, 5) is 16.3. The van der Waals surface area contributed by atoms with Gasteiger partial charge in [0.1, 0.15) is 18.2 Å². The van der Waals surface area contributed by atoms with E-state index >= 15 is 0 Å². The van der Waals surface area contributed by atoms with Gasteiger partial charge in [-0.3, -0.25) is 4.79 Å². The van der Waals surface area contributed by atoms with Crippen molar-refractivity contribution in [3.05, 3.63) is 53.8 Å². The van der Waals surface area contributed by atoms with Crippen molar-refractivity contribution in [2.45, 2.75) is 31.2 Å². The molecule has 0 aliphatic heterocycles. The van der Waals surface area contributed by atoms with Gasteiger partial charge in [-0.15, -0.1) is 0 Å². The van der Waals surface area contributed by atoms with Gasteiger partial charge in [-0.1, -0.05) is 52.7 Å². The van der Waals surface area contributed by atoms with E-state index in [0.717, 1.165) is 28.6 Å². The first kappa shape index (κ1) is 18.8. The maximum Gasteiger partial charge on any atom is 0.239 e. The summed E-state index contributed by atoms with van der Waals surface area (Å²) < 4.78 is 19.6. The highest BCUT2D eigenvalue weighted by atomic mass is 79.9. The van der Waals surface area contributed by atoms with E-state index in [9.17, 15) is 9.18 Å². The van der Waals surface area contributed by atoms with E-state index < -0.39 is 0 Å². The fraction of sp³-hybridized carbons (Fsp3) is 0.263. The van der Waals surface area contributed by atoms with Gasteiger partial charge >= 0.3 is 0 Å². The molecule has 26 heavy (non-hydrogen) atoms. The molecule has 0 bridgehead atoms. The Balaban J connectivity index is 1.67. The van der Waals surface area contributed by atoms with E-state index in [0.29, 0.717) is 17.5 Å². The van der Waals surface area contributed by atoms with Crippen molar-refractivity contribution in [1.29, 1.82) is 0 Å². The average Bonchev–Trinajstić information content (AvgIpc) is 3.02. The Hall–Kier alpha value is -1.99. The fourth-order valence-electron chi connectivity index (χ4n) is 2.36. The molecule has 2 aromatic carbocycles. The summed E-state index contributed by atoms with van der Waals surface area (Å²) in [6.45, 7) is 2.39. The van der Waals surface area contributed by atoms with Gasteiger partial charge < -0.3 is 10.1 Å². The number of halogens is 2. The molecule has 0 aliphatic rings. The summed E-state index contributed by atoms with van der Waals surface area (Å²) in [6.07, 6.45) is 1.70. The number of nitrogens with one attached hydrogen (secondary N) is 1. The van der Waals surface area contributed by atoms with Crippen molar-refractivity contribution in [3.8, 4) is 5.75 Å². The summed E-state index contributed by atoms with van der Waals surface area (Å²) >= 11 is 4.79. The molecule has 4 nitrogen and oxygen atoms in total. The third-order valence-electron chi connectivity index (χ3n) is 3.74. The Bertz CT molecular complexity index is 898. The highest BCUT2D eigenvalue weighted by molar-refractivity contribution is 9.10. The van der Waals surface area contributed by atoms with Crippen LogP contribution < -0.4 is 10.1 Å². The number of anilines is 1. The lowest BCUT2D eigenvalue weighted by atomic mass is 10.2. The van der Waals surface area contributed by atoms with Gasteiger partial charge in [0, 0.05) is 0 Å². The molecule has 3 aromatic rings. The third-order valence-corrected chi connectivity index (χ3v) is 5.54. The first-order valence-electron chi connectivity index (χ1n) is 8.28. The molecule has 0 aliphatic carbocycles. The number of fused-ring (bicyclic) bond motifs is 1. The minimum atomic E-state index is -0.265. The van der Waals surface area contributed by atoms with Crippen LogP contribution in [0.25, 0.3) is 10.2 Å². The first-order valence-corrected chi connectivity index (χ1v) is 10.0. The molecule has 3 rings (SSSR count). The number of benzene rings is 2. The van der Waals surface area contributed by atoms with E-state index in [4.69, 9.17) is 4.74 Å². The lowest BCUT2D eigenvalue weighted by molar-refractivity contribution is -0.115. The molecular weight excluding hydrogens is 419 g/mol. The van der Waals surface area contributed by atoms with Gasteiger partial charge in [-0.05, 0) is 42.3 Å². The zero-order valence-electron chi connectivity index (χ0n) is 14.2. The van der Waals surface area contributed by atoms with Crippen LogP contribution in [-0.2, 0) is 11.4 Å². The molecule has 136 valence electrons. The smallest absolute Gasteiger partial charge is 0.239 e. The van der Waals surface area contributed by atoms with Gasteiger partial charge in [-0.25, -0.2) is 9.37 Å². The van der Waals surface area contributed by atoms with Crippen LogP contribution in [0.5, 0.6) is 5.75 Å². The number of hydrogen-bond donors (Lipinski definition) is 1. The van der Waals surface area contributed by atoms with Crippen LogP contribution in [0.2, 0.25) is 0 Å². The first-order chi connectivity index (χ1) is 12.5. The second kappa shape index (κ2) is 8.60. The highest BCUT2D eigenvalue weighted by Gasteiger charge is 2.15. The maximum absolute atomic E-state index is 12.9. The standard InChI is InChI=1S/C19H18BrFN2O2S/c1-2-3-15(20)18(24)23-19-22-16-9-8-14(10-17(16)26-19)25-11-12-4-6-13(21)7-5-12/h4-10,15H,2-3,11H2,1H3,(H,22,23,24)/t15-/m1/s1. The van der Waals surface area contributed by atoms with Crippen molar-refractivity contribution in [2.75, 3.05) is 5.32 Å². The van der Waals surface area contributed by atoms with Gasteiger partial charge in [0.2, 0.25) is 5.91 Å². The predicted octanol–water partition coefficient (Wildman–Crippen LogP) is 5.52. The van der Waals surface area contributed by atoms with E-state index in [1.54, 1.807) is 12.1 Å². The number of ether oxygens (including phenoxy) is 1. The van der Waals surface area contributed by atoms with E-state index in [1.807, 2.05) is 25.1 Å². The number of thiazole rings is 1. The van der Waals surface area contributed by atoms with E-state index in [2.05, 4.69) is 26.2 Å². The SMILES string of the molecule is CCC[C@@H](Br)C(=O)Nc1nc2ccc(OCc3ccc(F)cc3)cc2s1. The molecule has 1 N–H and O–H groups in total. The number of aromatic nitrogens is 1. The molecule has 0 radical (unpaired) electrons. The molecule has 1 amide bonds. The lowest BCUT2D eigenvalue weighted by Crippen LogP contribution is -2.22. The number of alkyl halides is 1. The van der Waals surface area contributed by atoms with Gasteiger partial charge in [-0.2, -0.15) is 0 Å². The summed E-state index contributed by atoms with van der Waals surface area (Å²) in [7, 11) is 0. The molecule has 7 heteroatoms. The van der Waals surface area contributed by atoms with E-state index in [-0.39, 0.29) is 16.6 Å². The number of amides is 1. The van der Waals surface area contributed by atoms with Crippen molar-refractivity contribution in [3.63, 3.8) is 0 Å². The number of carbonyl (C=O) groups excluding carboxylic acids is 1. The molecule has 0 saturated carbocycles. The zero-order valence-corrected chi connectivity index (χ0v) is 16.6. The normalized spacial score (nSPS) is 12.1. The van der Waals surface area contributed by atoms with Crippen LogP contribution in [0.3, 0.4) is 0 Å². The largest absolute Gasteiger partial charge is 0.489 e. The average molecular weight is 437 g/mol. The van der Waals surface area contributed by atoms with Crippen molar-refractivity contribution in [1.82, 2.24) is 4.98 Å². The summed E-state index contributed by atoms with van der Waals surface area (Å²) in [5.41, 5.74) is 1.70. The van der Waals surface area contributed by atoms with E-state index in [1.165, 1.54) is 23.5 Å². The molecule has 1 aromatic heterocycles. The predicted molar refractivity (Wildman–Crippen MR) is 107 cm³/mol. The zero-order chi connectivity index (χ0) is 18.5. The second-order valence-electron chi connectivity index (χ2n) is 5.81. The Morgan fingerprint density at radius 1 is 1.31 bits per heavy atom. The van der Waals surface area contributed by atoms with Gasteiger partial charge in [0.15, 0.2) is 5.13 Å². The Morgan fingerprint density at radius 2 is 2.08 bits per heavy atom. The molecule has 0 unspecified atom stereocenters. The summed E-state index contributed by atoms with van der Waals surface area (Å²) in [6, 6.07) is 11.8. The Kier molecular flexibility index (Phi) is 6.21. The van der Waals surface area contributed by atoms with Crippen molar-refractivity contribution in [2.24, 2.45) is 0 Å². The molecule has 0 spiro atoms. The van der Waals surface area contributed by atoms with Crippen LogP contribution >= 0.6 is 27.3 Å². The topological polar surface area (TPSA) is 51.2 Å². The monoisotopic (exact) mass is 436 g/mol. The highest BCUT2D eigenvalue weighted by Crippen LogP contribution is 2.30. The summed E-state index contributed by atoms with van der Waals surface area (Å²) in [5, 5.41) is 3.41. The van der Waals surface area contributed by atoms with Crippen LogP contribution in [0.15, 0.2) is 42.5 Å². The maximum atomic E-state index is 12.9. The third kappa shape index (κ3) is 4.80. The van der Waals surface area contributed by atoms with Crippen molar-refractivity contribution >= 4 is 48.5 Å². The fourth-order valence-corrected chi connectivity index (χ4v) is 3.83. The number of nitrogens with zero attached hydrogens (tertiary/aromatic N) is 1. The van der Waals surface area contributed by atoms with Crippen LogP contribution in [0, 0.1) is 5.82 Å². The molecule has 0 saturated heterocycles. The quantitative estimate of drug-likeness (QED) is 0.496. The van der Waals surface area contributed by atoms with Crippen LogP contribution in [-0.4, -0.2) is 15.7 Å². The molecule has 0 fully saturated rings. The van der Waals surface area contributed by atoms with Gasteiger partial charge in [0.05, 0.1) is 15.0 Å². The Labute approximate surface area is 163 Å². The van der Waals surface area contributed by atoms with Gasteiger partial charge in [0.25, 0.3) is 0 Å². The molecule has 1 heterocycles. The van der Waals surface area contributed by atoms with Crippen molar-refractivity contribution < 1.29 is 13.9 Å². The van der Waals surface area contributed by atoms with Crippen LogP contribution in [0.1, 0.15) is 25.3 Å². The number of hydrogen-bond acceptors (Lipinski definition) is 4.